The summed E-state index contributed by atoms with van der Waals surface area (Å²) < 4.78 is 5.25. The number of benzene rings is 2. The highest BCUT2D eigenvalue weighted by molar-refractivity contribution is 5.94. The Bertz CT molecular complexity index is 804. The van der Waals surface area contributed by atoms with Crippen molar-refractivity contribution in [2.75, 3.05) is 43.5 Å². The van der Waals surface area contributed by atoms with Crippen molar-refractivity contribution >= 4 is 17.3 Å². The Labute approximate surface area is 168 Å². The lowest BCUT2D eigenvalue weighted by atomic mass is 10.1. The van der Waals surface area contributed by atoms with Crippen LogP contribution in [-0.2, 0) is 4.79 Å². The minimum absolute atomic E-state index is 0.0566. The fourth-order valence-electron chi connectivity index (χ4n) is 3.61. The Morgan fingerprint density at radius 3 is 2.43 bits per heavy atom. The van der Waals surface area contributed by atoms with E-state index in [1.165, 1.54) is 16.8 Å². The molecule has 1 amide bonds. The van der Waals surface area contributed by atoms with E-state index in [2.05, 4.69) is 41.1 Å². The van der Waals surface area contributed by atoms with E-state index in [-0.39, 0.29) is 11.9 Å². The number of aryl methyl sites for hydroxylation is 2. The number of ether oxygens (including phenoxy) is 1. The van der Waals surface area contributed by atoms with E-state index in [0.717, 1.165) is 44.0 Å². The van der Waals surface area contributed by atoms with Gasteiger partial charge in [0, 0.05) is 37.6 Å². The molecule has 0 aliphatic carbocycles. The molecule has 1 aliphatic rings. The maximum Gasteiger partial charge on any atom is 0.241 e. The lowest BCUT2D eigenvalue weighted by molar-refractivity contribution is -0.120. The number of amides is 1. The molecule has 1 N–H and O–H groups in total. The maximum atomic E-state index is 12.8. The van der Waals surface area contributed by atoms with Gasteiger partial charge in [-0.05, 0) is 74.7 Å². The zero-order valence-electron chi connectivity index (χ0n) is 17.4. The molecule has 5 nitrogen and oxygen atoms in total. The molecule has 0 radical (unpaired) electrons. The lowest BCUT2D eigenvalue weighted by Crippen LogP contribution is -2.44. The predicted octanol–water partition coefficient (Wildman–Crippen LogP) is 3.85. The van der Waals surface area contributed by atoms with Gasteiger partial charge < -0.3 is 15.0 Å². The fourth-order valence-corrected chi connectivity index (χ4v) is 3.61. The molecule has 3 rings (SSSR count). The summed E-state index contributed by atoms with van der Waals surface area (Å²) in [4.78, 5) is 17.4. The van der Waals surface area contributed by atoms with Crippen molar-refractivity contribution in [3.05, 3.63) is 53.6 Å². The van der Waals surface area contributed by atoms with Crippen LogP contribution in [0.4, 0.5) is 11.4 Å². The summed E-state index contributed by atoms with van der Waals surface area (Å²) in [5.41, 5.74) is 4.50. The van der Waals surface area contributed by atoms with E-state index >= 15 is 0 Å². The molecule has 2 aromatic rings. The first-order valence-corrected chi connectivity index (χ1v) is 9.99. The van der Waals surface area contributed by atoms with E-state index in [9.17, 15) is 4.79 Å². The third kappa shape index (κ3) is 4.84. The Balaban J connectivity index is 1.58. The second-order valence-corrected chi connectivity index (χ2v) is 7.54. The number of carbonyl (C=O) groups is 1. The van der Waals surface area contributed by atoms with Gasteiger partial charge in [-0.15, -0.1) is 0 Å². The van der Waals surface area contributed by atoms with Gasteiger partial charge in [-0.3, -0.25) is 9.69 Å². The van der Waals surface area contributed by atoms with Gasteiger partial charge in [-0.25, -0.2) is 0 Å². The van der Waals surface area contributed by atoms with Gasteiger partial charge in [0.1, 0.15) is 5.75 Å². The second kappa shape index (κ2) is 9.11. The number of nitrogens with zero attached hydrogens (tertiary/aromatic N) is 2. The molecule has 5 heteroatoms. The molecule has 2 aromatic carbocycles. The van der Waals surface area contributed by atoms with Gasteiger partial charge in [-0.2, -0.15) is 0 Å². The quantitative estimate of drug-likeness (QED) is 0.854. The van der Waals surface area contributed by atoms with E-state index in [1.54, 1.807) is 7.11 Å². The molecule has 1 aliphatic heterocycles. The van der Waals surface area contributed by atoms with Crippen LogP contribution in [0.5, 0.6) is 5.75 Å². The maximum absolute atomic E-state index is 12.8. The van der Waals surface area contributed by atoms with Crippen molar-refractivity contribution in [1.29, 1.82) is 0 Å². The highest BCUT2D eigenvalue weighted by atomic mass is 16.5. The monoisotopic (exact) mass is 381 g/mol. The van der Waals surface area contributed by atoms with Crippen molar-refractivity contribution in [2.45, 2.75) is 33.2 Å². The summed E-state index contributed by atoms with van der Waals surface area (Å²) in [7, 11) is 1.68. The SMILES string of the molecule is COc1ccc(N2CCCN(C(C)C(=O)Nc3ccc(C)c(C)c3)CC2)cc1. The zero-order chi connectivity index (χ0) is 20.1. The Morgan fingerprint density at radius 1 is 1.00 bits per heavy atom. The lowest BCUT2D eigenvalue weighted by Gasteiger charge is -2.27. The third-order valence-corrected chi connectivity index (χ3v) is 5.67. The number of nitrogens with one attached hydrogen (secondary N) is 1. The molecular formula is C23H31N3O2. The van der Waals surface area contributed by atoms with E-state index in [0.29, 0.717) is 0 Å². The summed E-state index contributed by atoms with van der Waals surface area (Å²) in [5.74, 6) is 0.929. The second-order valence-electron chi connectivity index (χ2n) is 7.54. The van der Waals surface area contributed by atoms with Gasteiger partial charge in [0.15, 0.2) is 0 Å². The van der Waals surface area contributed by atoms with Crippen molar-refractivity contribution in [3.8, 4) is 5.75 Å². The Hall–Kier alpha value is -2.53. The molecular weight excluding hydrogens is 350 g/mol. The number of methoxy groups -OCH3 is 1. The van der Waals surface area contributed by atoms with Crippen molar-refractivity contribution in [2.24, 2.45) is 0 Å². The van der Waals surface area contributed by atoms with Crippen LogP contribution in [-0.4, -0.2) is 50.1 Å². The van der Waals surface area contributed by atoms with Crippen molar-refractivity contribution in [3.63, 3.8) is 0 Å². The van der Waals surface area contributed by atoms with Gasteiger partial charge >= 0.3 is 0 Å². The Kier molecular flexibility index (Phi) is 6.57. The summed E-state index contributed by atoms with van der Waals surface area (Å²) in [6.45, 7) is 9.84. The average molecular weight is 382 g/mol. The first-order valence-electron chi connectivity index (χ1n) is 9.99. The fraction of sp³-hybridized carbons (Fsp3) is 0.435. The van der Waals surface area contributed by atoms with Crippen LogP contribution in [0.15, 0.2) is 42.5 Å². The minimum atomic E-state index is -0.155. The highest BCUT2D eigenvalue weighted by Crippen LogP contribution is 2.21. The summed E-state index contributed by atoms with van der Waals surface area (Å²) in [6.07, 6.45) is 1.04. The summed E-state index contributed by atoms with van der Waals surface area (Å²) in [6, 6.07) is 14.1. The molecule has 0 saturated carbocycles. The van der Waals surface area contributed by atoms with E-state index < -0.39 is 0 Å². The van der Waals surface area contributed by atoms with Crippen LogP contribution in [0, 0.1) is 13.8 Å². The first-order chi connectivity index (χ1) is 13.5. The summed E-state index contributed by atoms with van der Waals surface area (Å²) in [5, 5.41) is 3.07. The molecule has 150 valence electrons. The molecule has 28 heavy (non-hydrogen) atoms. The van der Waals surface area contributed by atoms with Crippen LogP contribution in [0.3, 0.4) is 0 Å². The topological polar surface area (TPSA) is 44.8 Å². The van der Waals surface area contributed by atoms with Crippen LogP contribution in [0.1, 0.15) is 24.5 Å². The van der Waals surface area contributed by atoms with Crippen LogP contribution >= 0.6 is 0 Å². The molecule has 1 fully saturated rings. The number of hydrogen-bond donors (Lipinski definition) is 1. The number of carbonyl (C=O) groups excluding carboxylic acids is 1. The molecule has 1 unspecified atom stereocenters. The minimum Gasteiger partial charge on any atom is -0.497 e. The van der Waals surface area contributed by atoms with Crippen molar-refractivity contribution < 1.29 is 9.53 Å². The van der Waals surface area contributed by atoms with Crippen LogP contribution in [0.25, 0.3) is 0 Å². The number of hydrogen-bond acceptors (Lipinski definition) is 4. The predicted molar refractivity (Wildman–Crippen MR) is 115 cm³/mol. The van der Waals surface area contributed by atoms with E-state index in [4.69, 9.17) is 4.74 Å². The standard InChI is InChI=1S/C23H31N3O2/c1-17-6-7-20(16-18(17)2)24-23(27)19(3)25-12-5-13-26(15-14-25)21-8-10-22(28-4)11-9-21/h6-11,16,19H,5,12-15H2,1-4H3,(H,24,27). The Morgan fingerprint density at radius 2 is 1.75 bits per heavy atom. The molecule has 0 aromatic heterocycles. The molecule has 1 saturated heterocycles. The van der Waals surface area contributed by atoms with Crippen molar-refractivity contribution in [1.82, 2.24) is 4.90 Å². The largest absolute Gasteiger partial charge is 0.497 e. The number of anilines is 2. The van der Waals surface area contributed by atoms with Gasteiger partial charge in [-0.1, -0.05) is 6.07 Å². The van der Waals surface area contributed by atoms with Crippen LogP contribution in [0.2, 0.25) is 0 Å². The zero-order valence-corrected chi connectivity index (χ0v) is 17.4. The average Bonchev–Trinajstić information content (AvgIpc) is 2.96. The molecule has 1 heterocycles. The normalized spacial score (nSPS) is 16.4. The van der Waals surface area contributed by atoms with E-state index in [1.807, 2.05) is 37.3 Å². The van der Waals surface area contributed by atoms with Gasteiger partial charge in [0.05, 0.1) is 13.2 Å². The third-order valence-electron chi connectivity index (χ3n) is 5.67. The molecule has 0 spiro atoms. The van der Waals surface area contributed by atoms with Crippen LogP contribution < -0.4 is 15.0 Å². The smallest absolute Gasteiger partial charge is 0.241 e. The molecule has 0 bridgehead atoms. The summed E-state index contributed by atoms with van der Waals surface area (Å²) >= 11 is 0. The van der Waals surface area contributed by atoms with Gasteiger partial charge in [0.2, 0.25) is 5.91 Å². The highest BCUT2D eigenvalue weighted by Gasteiger charge is 2.24. The number of rotatable bonds is 5. The van der Waals surface area contributed by atoms with Gasteiger partial charge in [0.25, 0.3) is 0 Å². The first kappa shape index (κ1) is 20.2. The molecule has 1 atom stereocenters.